The van der Waals surface area contributed by atoms with Crippen molar-refractivity contribution < 1.29 is 0 Å². The average molecular weight is 276 g/mol. The summed E-state index contributed by atoms with van der Waals surface area (Å²) in [5, 5.41) is 0.737. The van der Waals surface area contributed by atoms with Gasteiger partial charge in [-0.05, 0) is 41.3 Å². The standard InChI is InChI=1S/C10H12BrClN2/c11-8-6-9(12)10(13-7-8)14-4-2-1-3-5-14/h6-7H,1-5H2. The van der Waals surface area contributed by atoms with Crippen LogP contribution in [0, 0.1) is 0 Å². The van der Waals surface area contributed by atoms with Gasteiger partial charge in [0.25, 0.3) is 0 Å². The predicted molar refractivity (Wildman–Crippen MR) is 63.0 cm³/mol. The fourth-order valence-corrected chi connectivity index (χ4v) is 2.49. The minimum atomic E-state index is 0.737. The van der Waals surface area contributed by atoms with E-state index in [-0.39, 0.29) is 0 Å². The number of nitrogens with zero attached hydrogens (tertiary/aromatic N) is 2. The molecule has 0 N–H and O–H groups in total. The zero-order chi connectivity index (χ0) is 9.97. The van der Waals surface area contributed by atoms with Crippen molar-refractivity contribution in [2.45, 2.75) is 19.3 Å². The Morgan fingerprint density at radius 3 is 2.64 bits per heavy atom. The lowest BCUT2D eigenvalue weighted by molar-refractivity contribution is 0.573. The molecule has 2 heterocycles. The van der Waals surface area contributed by atoms with Crippen molar-refractivity contribution in [1.82, 2.24) is 4.98 Å². The third-order valence-electron chi connectivity index (χ3n) is 2.44. The molecule has 0 aromatic carbocycles. The molecule has 1 saturated heterocycles. The van der Waals surface area contributed by atoms with Gasteiger partial charge in [0.1, 0.15) is 5.82 Å². The molecule has 0 atom stereocenters. The van der Waals surface area contributed by atoms with Crippen LogP contribution in [0.4, 0.5) is 5.82 Å². The van der Waals surface area contributed by atoms with E-state index < -0.39 is 0 Å². The molecular formula is C10H12BrClN2. The maximum Gasteiger partial charge on any atom is 0.147 e. The largest absolute Gasteiger partial charge is 0.355 e. The second-order valence-electron chi connectivity index (χ2n) is 3.51. The maximum absolute atomic E-state index is 6.13. The van der Waals surface area contributed by atoms with E-state index in [0.29, 0.717) is 0 Å². The quantitative estimate of drug-likeness (QED) is 0.780. The van der Waals surface area contributed by atoms with Crippen LogP contribution in [-0.2, 0) is 0 Å². The summed E-state index contributed by atoms with van der Waals surface area (Å²) in [6.45, 7) is 2.16. The normalized spacial score (nSPS) is 17.1. The molecule has 4 heteroatoms. The van der Waals surface area contributed by atoms with E-state index in [1.807, 2.05) is 6.07 Å². The summed E-state index contributed by atoms with van der Waals surface area (Å²) >= 11 is 9.48. The predicted octanol–water partition coefficient (Wildman–Crippen LogP) is 3.49. The fourth-order valence-electron chi connectivity index (χ4n) is 1.75. The average Bonchev–Trinajstić information content (AvgIpc) is 2.19. The first kappa shape index (κ1) is 10.2. The molecule has 0 aliphatic carbocycles. The van der Waals surface area contributed by atoms with Crippen molar-refractivity contribution in [2.75, 3.05) is 18.0 Å². The SMILES string of the molecule is Clc1cc(Br)cnc1N1CCCCC1. The maximum atomic E-state index is 6.13. The van der Waals surface area contributed by atoms with E-state index in [1.54, 1.807) is 6.20 Å². The van der Waals surface area contributed by atoms with E-state index >= 15 is 0 Å². The Hall–Kier alpha value is -0.280. The van der Waals surface area contributed by atoms with Gasteiger partial charge in [0.15, 0.2) is 0 Å². The Morgan fingerprint density at radius 2 is 2.00 bits per heavy atom. The van der Waals surface area contributed by atoms with Crippen molar-refractivity contribution >= 4 is 33.3 Å². The Morgan fingerprint density at radius 1 is 1.29 bits per heavy atom. The minimum absolute atomic E-state index is 0.737. The first-order valence-corrected chi connectivity index (χ1v) is 6.00. The van der Waals surface area contributed by atoms with Crippen LogP contribution in [-0.4, -0.2) is 18.1 Å². The number of rotatable bonds is 1. The van der Waals surface area contributed by atoms with Crippen LogP contribution in [0.25, 0.3) is 0 Å². The molecule has 1 aromatic heterocycles. The van der Waals surface area contributed by atoms with Gasteiger partial charge in [0.2, 0.25) is 0 Å². The van der Waals surface area contributed by atoms with Crippen LogP contribution in [0.3, 0.4) is 0 Å². The van der Waals surface area contributed by atoms with E-state index in [1.165, 1.54) is 19.3 Å². The van der Waals surface area contributed by atoms with Crippen LogP contribution in [0.15, 0.2) is 16.7 Å². The van der Waals surface area contributed by atoms with E-state index in [4.69, 9.17) is 11.6 Å². The molecule has 76 valence electrons. The van der Waals surface area contributed by atoms with Crippen LogP contribution in [0.2, 0.25) is 5.02 Å². The van der Waals surface area contributed by atoms with Gasteiger partial charge in [-0.3, -0.25) is 0 Å². The van der Waals surface area contributed by atoms with E-state index in [0.717, 1.165) is 28.4 Å². The Kier molecular flexibility index (Phi) is 3.29. The lowest BCUT2D eigenvalue weighted by Crippen LogP contribution is -2.30. The Balaban J connectivity index is 2.22. The molecule has 0 radical (unpaired) electrons. The topological polar surface area (TPSA) is 16.1 Å². The van der Waals surface area contributed by atoms with Gasteiger partial charge in [-0.1, -0.05) is 11.6 Å². The lowest BCUT2D eigenvalue weighted by atomic mass is 10.1. The van der Waals surface area contributed by atoms with Gasteiger partial charge in [-0.25, -0.2) is 4.98 Å². The molecule has 2 rings (SSSR count). The Bertz CT molecular complexity index is 324. The second kappa shape index (κ2) is 4.49. The Labute approximate surface area is 97.4 Å². The summed E-state index contributed by atoms with van der Waals surface area (Å²) in [7, 11) is 0. The fraction of sp³-hybridized carbons (Fsp3) is 0.500. The molecular weight excluding hydrogens is 263 g/mol. The van der Waals surface area contributed by atoms with Crippen molar-refractivity contribution in [3.63, 3.8) is 0 Å². The molecule has 1 aromatic rings. The summed E-state index contributed by atoms with van der Waals surface area (Å²) < 4.78 is 0.934. The molecule has 0 spiro atoms. The minimum Gasteiger partial charge on any atom is -0.355 e. The first-order chi connectivity index (χ1) is 6.77. The smallest absolute Gasteiger partial charge is 0.147 e. The molecule has 0 unspecified atom stereocenters. The summed E-state index contributed by atoms with van der Waals surface area (Å²) in [5.74, 6) is 0.926. The highest BCUT2D eigenvalue weighted by molar-refractivity contribution is 9.10. The van der Waals surface area contributed by atoms with Gasteiger partial charge in [-0.2, -0.15) is 0 Å². The van der Waals surface area contributed by atoms with E-state index in [9.17, 15) is 0 Å². The van der Waals surface area contributed by atoms with Crippen LogP contribution >= 0.6 is 27.5 Å². The van der Waals surface area contributed by atoms with Crippen molar-refractivity contribution in [1.29, 1.82) is 0 Å². The second-order valence-corrected chi connectivity index (χ2v) is 4.83. The molecule has 0 bridgehead atoms. The summed E-state index contributed by atoms with van der Waals surface area (Å²) in [6.07, 6.45) is 5.61. The lowest BCUT2D eigenvalue weighted by Gasteiger charge is -2.28. The number of pyridine rings is 1. The molecule has 2 nitrogen and oxygen atoms in total. The van der Waals surface area contributed by atoms with Gasteiger partial charge in [0.05, 0.1) is 5.02 Å². The van der Waals surface area contributed by atoms with Gasteiger partial charge >= 0.3 is 0 Å². The molecule has 1 aliphatic rings. The van der Waals surface area contributed by atoms with Crippen molar-refractivity contribution in [3.8, 4) is 0 Å². The first-order valence-electron chi connectivity index (χ1n) is 4.83. The molecule has 0 saturated carbocycles. The summed E-state index contributed by atoms with van der Waals surface area (Å²) in [4.78, 5) is 6.61. The molecule has 14 heavy (non-hydrogen) atoms. The zero-order valence-corrected chi connectivity index (χ0v) is 10.2. The monoisotopic (exact) mass is 274 g/mol. The van der Waals surface area contributed by atoms with Crippen molar-refractivity contribution in [2.24, 2.45) is 0 Å². The zero-order valence-electron chi connectivity index (χ0n) is 7.84. The van der Waals surface area contributed by atoms with Crippen LogP contribution < -0.4 is 4.90 Å². The van der Waals surface area contributed by atoms with Gasteiger partial charge < -0.3 is 4.90 Å². The summed E-state index contributed by atoms with van der Waals surface area (Å²) in [6, 6.07) is 1.90. The van der Waals surface area contributed by atoms with Crippen LogP contribution in [0.5, 0.6) is 0 Å². The van der Waals surface area contributed by atoms with Gasteiger partial charge in [-0.15, -0.1) is 0 Å². The van der Waals surface area contributed by atoms with Gasteiger partial charge in [0, 0.05) is 23.8 Å². The highest BCUT2D eigenvalue weighted by atomic mass is 79.9. The third-order valence-corrected chi connectivity index (χ3v) is 3.16. The summed E-state index contributed by atoms with van der Waals surface area (Å²) in [5.41, 5.74) is 0. The number of piperidine rings is 1. The number of anilines is 1. The number of hydrogen-bond acceptors (Lipinski definition) is 2. The number of halogens is 2. The van der Waals surface area contributed by atoms with E-state index in [2.05, 4.69) is 25.8 Å². The number of aromatic nitrogens is 1. The molecule has 1 fully saturated rings. The van der Waals surface area contributed by atoms with Crippen molar-refractivity contribution in [3.05, 3.63) is 21.8 Å². The molecule has 1 aliphatic heterocycles. The highest BCUT2D eigenvalue weighted by Gasteiger charge is 2.14. The third kappa shape index (κ3) is 2.20. The highest BCUT2D eigenvalue weighted by Crippen LogP contribution is 2.28. The number of hydrogen-bond donors (Lipinski definition) is 0. The molecule has 0 amide bonds. The van der Waals surface area contributed by atoms with Crippen LogP contribution in [0.1, 0.15) is 19.3 Å².